The van der Waals surface area contributed by atoms with E-state index in [4.69, 9.17) is 0 Å². The molecule has 100 valence electrons. The Morgan fingerprint density at radius 1 is 1.33 bits per heavy atom. The molecule has 0 aliphatic heterocycles. The van der Waals surface area contributed by atoms with Gasteiger partial charge in [0.2, 0.25) is 6.10 Å². The molecule has 0 spiro atoms. The number of benzene rings is 1. The summed E-state index contributed by atoms with van der Waals surface area (Å²) in [6.45, 7) is 0.614. The summed E-state index contributed by atoms with van der Waals surface area (Å²) in [6, 6.07) is 2.04. The number of nitro groups is 1. The number of alkyl halides is 2. The Hall–Kier alpha value is -1.61. The summed E-state index contributed by atoms with van der Waals surface area (Å²) in [5, 5.41) is 10.1. The molecule has 0 heterocycles. The van der Waals surface area contributed by atoms with Crippen LogP contribution in [-0.4, -0.2) is 25.5 Å². The Kier molecular flexibility index (Phi) is 3.97. The van der Waals surface area contributed by atoms with Gasteiger partial charge >= 0.3 is 6.05 Å². The minimum absolute atomic E-state index is 0.351. The average molecular weight is 281 g/mol. The van der Waals surface area contributed by atoms with Crippen LogP contribution in [0.4, 0.5) is 8.78 Å². The molecule has 0 aromatic heterocycles. The fourth-order valence-corrected chi connectivity index (χ4v) is 2.14. The SMILES string of the molecule is C[C@H](OS(=O)(=O)c1ccccc1)C(F)(F)[N+](=O)[O-]. The molecule has 0 radical (unpaired) electrons. The predicted octanol–water partition coefficient (Wildman–Crippen LogP) is 1.65. The van der Waals surface area contributed by atoms with Crippen molar-refractivity contribution in [3.63, 3.8) is 0 Å². The van der Waals surface area contributed by atoms with Crippen LogP contribution < -0.4 is 0 Å². The highest BCUT2D eigenvalue weighted by Gasteiger charge is 2.53. The van der Waals surface area contributed by atoms with E-state index in [0.29, 0.717) is 6.92 Å². The largest absolute Gasteiger partial charge is 0.538 e. The lowest BCUT2D eigenvalue weighted by Gasteiger charge is -2.15. The van der Waals surface area contributed by atoms with Crippen molar-refractivity contribution in [1.82, 2.24) is 0 Å². The minimum atomic E-state index is -4.48. The Morgan fingerprint density at radius 3 is 2.28 bits per heavy atom. The summed E-state index contributed by atoms with van der Waals surface area (Å²) in [7, 11) is -4.46. The normalized spacial score (nSPS) is 14.2. The van der Waals surface area contributed by atoms with Gasteiger partial charge < -0.3 is 0 Å². The molecule has 0 amide bonds. The fourth-order valence-electron chi connectivity index (χ4n) is 1.04. The van der Waals surface area contributed by atoms with Crippen LogP contribution in [0.25, 0.3) is 0 Å². The third-order valence-electron chi connectivity index (χ3n) is 2.04. The molecule has 0 N–H and O–H groups in total. The second-order valence-corrected chi connectivity index (χ2v) is 4.92. The standard InChI is InChI=1S/C9H9F2NO5S/c1-7(9(10,11)12(13)14)17-18(15,16)8-5-3-2-4-6-8/h2-7H,1H3/t7-/m0/s1. The van der Waals surface area contributed by atoms with E-state index in [1.807, 2.05) is 0 Å². The quantitative estimate of drug-likeness (QED) is 0.354. The zero-order valence-corrected chi connectivity index (χ0v) is 9.93. The van der Waals surface area contributed by atoms with Crippen LogP contribution in [0, 0.1) is 10.1 Å². The van der Waals surface area contributed by atoms with Gasteiger partial charge in [-0.15, -0.1) is 8.78 Å². The molecule has 0 saturated carbocycles. The maximum atomic E-state index is 12.9. The van der Waals surface area contributed by atoms with E-state index in [9.17, 15) is 27.3 Å². The fraction of sp³-hybridized carbons (Fsp3) is 0.333. The monoisotopic (exact) mass is 281 g/mol. The topological polar surface area (TPSA) is 86.5 Å². The second-order valence-electron chi connectivity index (χ2n) is 3.35. The first-order valence-electron chi connectivity index (χ1n) is 4.68. The van der Waals surface area contributed by atoms with Crippen molar-refractivity contribution in [2.75, 3.05) is 0 Å². The van der Waals surface area contributed by atoms with Gasteiger partial charge in [-0.05, 0) is 19.1 Å². The summed E-state index contributed by atoms with van der Waals surface area (Å²) in [4.78, 5) is 7.82. The molecule has 0 unspecified atom stereocenters. The van der Waals surface area contributed by atoms with E-state index >= 15 is 0 Å². The van der Waals surface area contributed by atoms with E-state index in [-0.39, 0.29) is 4.90 Å². The van der Waals surface area contributed by atoms with Crippen molar-refractivity contribution in [1.29, 1.82) is 0 Å². The van der Waals surface area contributed by atoms with E-state index in [1.54, 1.807) is 0 Å². The van der Waals surface area contributed by atoms with Crippen LogP contribution in [-0.2, 0) is 14.3 Å². The van der Waals surface area contributed by atoms with Gasteiger partial charge in [0.25, 0.3) is 10.1 Å². The lowest BCUT2D eigenvalue weighted by atomic mass is 10.4. The number of halogens is 2. The summed E-state index contributed by atoms with van der Waals surface area (Å²) < 4.78 is 53.0. The lowest BCUT2D eigenvalue weighted by molar-refractivity contribution is -0.654. The molecule has 1 atom stereocenters. The molecular weight excluding hydrogens is 272 g/mol. The van der Waals surface area contributed by atoms with E-state index < -0.39 is 27.2 Å². The first-order chi connectivity index (χ1) is 8.18. The van der Waals surface area contributed by atoms with Gasteiger partial charge in [0.1, 0.15) is 0 Å². The Morgan fingerprint density at radius 2 is 1.83 bits per heavy atom. The molecule has 1 rings (SSSR count). The van der Waals surface area contributed by atoms with Crippen LogP contribution in [0.3, 0.4) is 0 Å². The summed E-state index contributed by atoms with van der Waals surface area (Å²) in [5.41, 5.74) is 0. The van der Waals surface area contributed by atoms with Crippen LogP contribution in [0.2, 0.25) is 0 Å². The van der Waals surface area contributed by atoms with Crippen molar-refractivity contribution in [2.24, 2.45) is 0 Å². The molecule has 0 saturated heterocycles. The first kappa shape index (κ1) is 14.5. The Balaban J connectivity index is 2.95. The molecule has 1 aromatic carbocycles. The molecule has 9 heteroatoms. The van der Waals surface area contributed by atoms with Crippen molar-refractivity contribution < 1.29 is 26.3 Å². The molecule has 0 bridgehead atoms. The number of hydrogen-bond acceptors (Lipinski definition) is 5. The second kappa shape index (κ2) is 4.94. The smallest absolute Gasteiger partial charge is 0.259 e. The Bertz CT molecular complexity index is 531. The van der Waals surface area contributed by atoms with Gasteiger partial charge in [-0.25, -0.2) is 4.18 Å². The van der Waals surface area contributed by atoms with Crippen molar-refractivity contribution in [2.45, 2.75) is 24.0 Å². The zero-order valence-electron chi connectivity index (χ0n) is 9.12. The molecule has 18 heavy (non-hydrogen) atoms. The number of nitrogens with zero attached hydrogens (tertiary/aromatic N) is 1. The third-order valence-corrected chi connectivity index (χ3v) is 3.43. The van der Waals surface area contributed by atoms with E-state index in [2.05, 4.69) is 4.18 Å². The molecule has 1 aromatic rings. The van der Waals surface area contributed by atoms with Gasteiger partial charge in [0, 0.05) is 0 Å². The average Bonchev–Trinajstić information content (AvgIpc) is 2.29. The van der Waals surface area contributed by atoms with Crippen LogP contribution in [0.1, 0.15) is 6.92 Å². The summed E-state index contributed by atoms with van der Waals surface area (Å²) in [6.07, 6.45) is -2.40. The van der Waals surface area contributed by atoms with Gasteiger partial charge in [0.15, 0.2) is 0 Å². The van der Waals surface area contributed by atoms with Gasteiger partial charge in [-0.1, -0.05) is 18.2 Å². The summed E-state index contributed by atoms with van der Waals surface area (Å²) in [5.74, 6) is 0. The van der Waals surface area contributed by atoms with E-state index in [1.165, 1.54) is 18.2 Å². The van der Waals surface area contributed by atoms with Crippen LogP contribution in [0.15, 0.2) is 35.2 Å². The number of hydrogen-bond donors (Lipinski definition) is 0. The van der Waals surface area contributed by atoms with Crippen molar-refractivity contribution in [3.05, 3.63) is 40.4 Å². The first-order valence-corrected chi connectivity index (χ1v) is 6.09. The molecular formula is C9H9F2NO5S. The van der Waals surface area contributed by atoms with Gasteiger partial charge in [0.05, 0.1) is 9.82 Å². The Labute approximate surface area is 101 Å². The third kappa shape index (κ3) is 2.99. The van der Waals surface area contributed by atoms with Crippen molar-refractivity contribution >= 4 is 10.1 Å². The van der Waals surface area contributed by atoms with Crippen molar-refractivity contribution in [3.8, 4) is 0 Å². The summed E-state index contributed by atoms with van der Waals surface area (Å²) >= 11 is 0. The lowest BCUT2D eigenvalue weighted by Crippen LogP contribution is -2.41. The molecule has 0 fully saturated rings. The van der Waals surface area contributed by atoms with Crippen LogP contribution in [0.5, 0.6) is 0 Å². The molecule has 0 aliphatic carbocycles. The van der Waals surface area contributed by atoms with Gasteiger partial charge in [-0.3, -0.25) is 10.1 Å². The molecule has 0 aliphatic rings. The predicted molar refractivity (Wildman–Crippen MR) is 56.1 cm³/mol. The maximum absolute atomic E-state index is 12.9. The highest BCUT2D eigenvalue weighted by atomic mass is 32.2. The molecule has 6 nitrogen and oxygen atoms in total. The highest BCUT2D eigenvalue weighted by Crippen LogP contribution is 2.25. The highest BCUT2D eigenvalue weighted by molar-refractivity contribution is 7.86. The van der Waals surface area contributed by atoms with Crippen LogP contribution >= 0.6 is 0 Å². The van der Waals surface area contributed by atoms with E-state index in [0.717, 1.165) is 12.1 Å². The maximum Gasteiger partial charge on any atom is 0.538 e. The van der Waals surface area contributed by atoms with Gasteiger partial charge in [-0.2, -0.15) is 8.42 Å². The number of rotatable bonds is 5. The minimum Gasteiger partial charge on any atom is -0.259 e. The zero-order chi connectivity index (χ0) is 14.0.